The third-order valence-corrected chi connectivity index (χ3v) is 8.01. The van der Waals surface area contributed by atoms with Crippen LogP contribution >= 0.6 is 11.6 Å². The van der Waals surface area contributed by atoms with E-state index in [1.54, 1.807) is 26.0 Å². The Morgan fingerprint density at radius 3 is 2.34 bits per heavy atom. The van der Waals surface area contributed by atoms with Crippen LogP contribution in [0.25, 0.3) is 0 Å². The quantitative estimate of drug-likeness (QED) is 0.633. The van der Waals surface area contributed by atoms with Gasteiger partial charge >= 0.3 is 6.18 Å². The van der Waals surface area contributed by atoms with Crippen molar-refractivity contribution in [3.63, 3.8) is 0 Å². The summed E-state index contributed by atoms with van der Waals surface area (Å²) in [5, 5.41) is 2.41. The normalized spacial score (nSPS) is 17.9. The first-order valence-corrected chi connectivity index (χ1v) is 11.9. The van der Waals surface area contributed by atoms with Gasteiger partial charge in [-0.05, 0) is 62.9 Å². The minimum atomic E-state index is -4.58. The first kappa shape index (κ1) is 24.5. The summed E-state index contributed by atoms with van der Waals surface area (Å²) >= 11 is 5.97. The summed E-state index contributed by atoms with van der Waals surface area (Å²) in [7, 11) is -3.84. The number of amides is 1. The molecule has 2 aromatic carbocycles. The van der Waals surface area contributed by atoms with Crippen molar-refractivity contribution in [3.8, 4) is 0 Å². The standard InChI is InChI=1S/C22H24ClF3N2O3S/c1-13-9-14(2)20(15(3)10-13)32(30,31)28-8-4-5-16(12-28)21(29)27-19-11-17(22(24,25)26)6-7-18(19)23/h6-7,9-11,16H,4-5,8,12H2,1-3H3,(H,27,29)/t16-/m1/s1. The Hall–Kier alpha value is -2.10. The van der Waals surface area contributed by atoms with E-state index < -0.39 is 33.6 Å². The minimum Gasteiger partial charge on any atom is -0.324 e. The number of nitrogens with zero attached hydrogens (tertiary/aromatic N) is 1. The van der Waals surface area contributed by atoms with Gasteiger partial charge in [-0.3, -0.25) is 4.79 Å². The number of alkyl halides is 3. The number of aryl methyl sites for hydroxylation is 3. The summed E-state index contributed by atoms with van der Waals surface area (Å²) in [5.74, 6) is -1.28. The van der Waals surface area contributed by atoms with Crippen molar-refractivity contribution >= 4 is 33.2 Å². The van der Waals surface area contributed by atoms with Gasteiger partial charge in [-0.1, -0.05) is 29.3 Å². The topological polar surface area (TPSA) is 66.5 Å². The van der Waals surface area contributed by atoms with Crippen molar-refractivity contribution in [2.75, 3.05) is 18.4 Å². The predicted molar refractivity (Wildman–Crippen MR) is 117 cm³/mol. The Balaban J connectivity index is 1.82. The van der Waals surface area contributed by atoms with Crippen LogP contribution in [0.3, 0.4) is 0 Å². The molecular formula is C22H24ClF3N2O3S. The van der Waals surface area contributed by atoms with E-state index in [2.05, 4.69) is 5.32 Å². The average molecular weight is 489 g/mol. The summed E-state index contributed by atoms with van der Waals surface area (Å²) in [4.78, 5) is 13.0. The van der Waals surface area contributed by atoms with Crippen molar-refractivity contribution in [1.82, 2.24) is 4.31 Å². The fraction of sp³-hybridized carbons (Fsp3) is 0.409. The summed E-state index contributed by atoms with van der Waals surface area (Å²) < 4.78 is 66.9. The molecule has 1 fully saturated rings. The van der Waals surface area contributed by atoms with Gasteiger partial charge in [0.25, 0.3) is 0 Å². The molecule has 10 heteroatoms. The average Bonchev–Trinajstić information content (AvgIpc) is 2.67. The molecule has 2 aromatic rings. The number of anilines is 1. The smallest absolute Gasteiger partial charge is 0.324 e. The minimum absolute atomic E-state index is 0.0301. The SMILES string of the molecule is Cc1cc(C)c(S(=O)(=O)N2CCC[C@@H](C(=O)Nc3cc(C(F)(F)F)ccc3Cl)C2)c(C)c1. The van der Waals surface area contributed by atoms with Crippen LogP contribution in [-0.4, -0.2) is 31.7 Å². The summed E-state index contributed by atoms with van der Waals surface area (Å²) in [6, 6.07) is 6.27. The molecule has 0 aromatic heterocycles. The monoisotopic (exact) mass is 488 g/mol. The second-order valence-electron chi connectivity index (χ2n) is 8.11. The van der Waals surface area contributed by atoms with E-state index >= 15 is 0 Å². The van der Waals surface area contributed by atoms with E-state index in [0.29, 0.717) is 24.0 Å². The lowest BCUT2D eigenvalue weighted by Gasteiger charge is -2.32. The lowest BCUT2D eigenvalue weighted by Crippen LogP contribution is -2.44. The van der Waals surface area contributed by atoms with E-state index in [-0.39, 0.29) is 28.7 Å². The lowest BCUT2D eigenvalue weighted by molar-refractivity contribution is -0.137. The highest BCUT2D eigenvalue weighted by atomic mass is 35.5. The van der Waals surface area contributed by atoms with Gasteiger partial charge in [0.05, 0.1) is 27.1 Å². The zero-order chi connectivity index (χ0) is 23.8. The number of sulfonamides is 1. The molecule has 5 nitrogen and oxygen atoms in total. The number of nitrogens with one attached hydrogen (secondary N) is 1. The molecule has 1 heterocycles. The number of rotatable bonds is 4. The number of hydrogen-bond donors (Lipinski definition) is 1. The van der Waals surface area contributed by atoms with Gasteiger partial charge < -0.3 is 5.32 Å². The van der Waals surface area contributed by atoms with E-state index in [9.17, 15) is 26.4 Å². The predicted octanol–water partition coefficient (Wildman–Crippen LogP) is 5.32. The molecule has 1 aliphatic heterocycles. The van der Waals surface area contributed by atoms with Crippen LogP contribution in [0, 0.1) is 26.7 Å². The summed E-state index contributed by atoms with van der Waals surface area (Å²) in [6.45, 7) is 5.56. The van der Waals surface area contributed by atoms with E-state index in [4.69, 9.17) is 11.6 Å². The van der Waals surface area contributed by atoms with Gasteiger partial charge in [0.1, 0.15) is 0 Å². The molecule has 0 saturated carbocycles. The molecule has 0 spiro atoms. The first-order valence-electron chi connectivity index (χ1n) is 10.1. The molecule has 1 aliphatic rings. The Labute approximate surface area is 190 Å². The maximum atomic E-state index is 13.3. The van der Waals surface area contributed by atoms with Crippen molar-refractivity contribution < 1.29 is 26.4 Å². The fourth-order valence-corrected chi connectivity index (χ4v) is 6.21. The second kappa shape index (κ2) is 9.03. The van der Waals surface area contributed by atoms with Crippen LogP contribution in [0.5, 0.6) is 0 Å². The number of piperidine rings is 1. The van der Waals surface area contributed by atoms with E-state index in [0.717, 1.165) is 23.8 Å². The summed E-state index contributed by atoms with van der Waals surface area (Å²) in [6.07, 6.45) is -3.71. The van der Waals surface area contributed by atoms with Crippen molar-refractivity contribution in [2.24, 2.45) is 5.92 Å². The van der Waals surface area contributed by atoms with Gasteiger partial charge in [-0.25, -0.2) is 8.42 Å². The van der Waals surface area contributed by atoms with Gasteiger partial charge in [0, 0.05) is 13.1 Å². The van der Waals surface area contributed by atoms with Gasteiger partial charge in [0.2, 0.25) is 15.9 Å². The molecule has 0 radical (unpaired) electrons. The van der Waals surface area contributed by atoms with Gasteiger partial charge in [0.15, 0.2) is 0 Å². The van der Waals surface area contributed by atoms with Crippen LogP contribution in [0.4, 0.5) is 18.9 Å². The molecule has 32 heavy (non-hydrogen) atoms. The molecule has 1 saturated heterocycles. The highest BCUT2D eigenvalue weighted by Gasteiger charge is 2.35. The number of carbonyl (C=O) groups excluding carboxylic acids is 1. The fourth-order valence-electron chi connectivity index (χ4n) is 4.11. The number of benzene rings is 2. The van der Waals surface area contributed by atoms with Crippen LogP contribution in [0.2, 0.25) is 5.02 Å². The largest absolute Gasteiger partial charge is 0.416 e. The van der Waals surface area contributed by atoms with Crippen LogP contribution in [0.15, 0.2) is 35.2 Å². The third-order valence-electron chi connectivity index (χ3n) is 5.51. The molecule has 1 atom stereocenters. The van der Waals surface area contributed by atoms with Crippen molar-refractivity contribution in [1.29, 1.82) is 0 Å². The molecule has 0 bridgehead atoms. The highest BCUT2D eigenvalue weighted by Crippen LogP contribution is 2.35. The molecule has 0 unspecified atom stereocenters. The first-order chi connectivity index (χ1) is 14.8. The Bertz CT molecular complexity index is 1130. The van der Waals surface area contributed by atoms with Crippen LogP contribution in [0.1, 0.15) is 35.1 Å². The Morgan fingerprint density at radius 2 is 1.75 bits per heavy atom. The van der Waals surface area contributed by atoms with E-state index in [1.807, 2.05) is 6.92 Å². The zero-order valence-electron chi connectivity index (χ0n) is 17.9. The molecule has 1 N–H and O–H groups in total. The zero-order valence-corrected chi connectivity index (χ0v) is 19.5. The molecular weight excluding hydrogens is 465 g/mol. The third kappa shape index (κ3) is 5.10. The molecule has 1 amide bonds. The van der Waals surface area contributed by atoms with Gasteiger partial charge in [-0.2, -0.15) is 17.5 Å². The number of carbonyl (C=O) groups is 1. The highest BCUT2D eigenvalue weighted by molar-refractivity contribution is 7.89. The second-order valence-corrected chi connectivity index (χ2v) is 10.4. The molecule has 174 valence electrons. The Kier molecular flexibility index (Phi) is 6.93. The van der Waals surface area contributed by atoms with Crippen LogP contribution < -0.4 is 5.32 Å². The van der Waals surface area contributed by atoms with Crippen LogP contribution in [-0.2, 0) is 21.0 Å². The van der Waals surface area contributed by atoms with Crippen molar-refractivity contribution in [3.05, 3.63) is 57.6 Å². The lowest BCUT2D eigenvalue weighted by atomic mass is 9.98. The number of hydrogen-bond acceptors (Lipinski definition) is 3. The van der Waals surface area contributed by atoms with Crippen molar-refractivity contribution in [2.45, 2.75) is 44.7 Å². The maximum Gasteiger partial charge on any atom is 0.416 e. The summed E-state index contributed by atoms with van der Waals surface area (Å²) in [5.41, 5.74) is 1.12. The molecule has 0 aliphatic carbocycles. The van der Waals surface area contributed by atoms with E-state index in [1.165, 1.54) is 4.31 Å². The van der Waals surface area contributed by atoms with Gasteiger partial charge in [-0.15, -0.1) is 0 Å². The molecule has 3 rings (SSSR count). The maximum absolute atomic E-state index is 13.3. The Morgan fingerprint density at radius 1 is 1.12 bits per heavy atom. The number of halogens is 4.